The Bertz CT molecular complexity index is 543. The van der Waals surface area contributed by atoms with E-state index in [0.29, 0.717) is 12.1 Å². The van der Waals surface area contributed by atoms with E-state index < -0.39 is 4.92 Å². The summed E-state index contributed by atoms with van der Waals surface area (Å²) in [5.74, 6) is -0.164. The molecule has 1 aromatic rings. The maximum Gasteiger partial charge on any atom is 0.270 e. The van der Waals surface area contributed by atoms with Crippen molar-refractivity contribution in [2.24, 2.45) is 0 Å². The van der Waals surface area contributed by atoms with Crippen LogP contribution in [-0.4, -0.2) is 27.8 Å². The Morgan fingerprint density at radius 2 is 2.16 bits per heavy atom. The Labute approximate surface area is 116 Å². The first-order valence-corrected chi connectivity index (χ1v) is 6.46. The molecule has 0 aromatic heterocycles. The molecule has 1 aliphatic heterocycles. The SMILES string of the molecule is CC1(C)CCCN1C(=O)c1ccc([N+](=O)[O-])cc1Cl. The number of likely N-dealkylation sites (tertiary alicyclic amines) is 1. The van der Waals surface area contributed by atoms with Crippen LogP contribution in [0.1, 0.15) is 37.0 Å². The van der Waals surface area contributed by atoms with Crippen LogP contribution in [0.3, 0.4) is 0 Å². The van der Waals surface area contributed by atoms with Crippen molar-refractivity contribution in [3.8, 4) is 0 Å². The number of hydrogen-bond donors (Lipinski definition) is 0. The minimum absolute atomic E-state index is 0.109. The third-order valence-electron chi connectivity index (χ3n) is 3.54. The summed E-state index contributed by atoms with van der Waals surface area (Å²) in [5.41, 5.74) is 0.0202. The third-order valence-corrected chi connectivity index (χ3v) is 3.85. The van der Waals surface area contributed by atoms with Gasteiger partial charge in [-0.15, -0.1) is 0 Å². The molecular weight excluding hydrogens is 268 g/mol. The van der Waals surface area contributed by atoms with Crippen molar-refractivity contribution >= 4 is 23.2 Å². The highest BCUT2D eigenvalue weighted by Gasteiger charge is 2.36. The Kier molecular flexibility index (Phi) is 3.49. The van der Waals surface area contributed by atoms with Gasteiger partial charge in [-0.3, -0.25) is 14.9 Å². The molecule has 0 bridgehead atoms. The maximum absolute atomic E-state index is 12.4. The molecule has 2 rings (SSSR count). The topological polar surface area (TPSA) is 63.5 Å². The first-order chi connectivity index (χ1) is 8.83. The van der Waals surface area contributed by atoms with Crippen LogP contribution >= 0.6 is 11.6 Å². The van der Waals surface area contributed by atoms with E-state index in [1.807, 2.05) is 13.8 Å². The summed E-state index contributed by atoms with van der Waals surface area (Å²) in [4.78, 5) is 24.3. The number of non-ortho nitro benzene ring substituents is 1. The molecule has 0 saturated carbocycles. The molecular formula is C13H15ClN2O3. The van der Waals surface area contributed by atoms with Gasteiger partial charge in [0.2, 0.25) is 0 Å². The summed E-state index contributed by atoms with van der Waals surface area (Å²) in [6.07, 6.45) is 1.91. The van der Waals surface area contributed by atoms with Crippen LogP contribution in [0.4, 0.5) is 5.69 Å². The summed E-state index contributed by atoms with van der Waals surface area (Å²) >= 11 is 5.99. The second kappa shape index (κ2) is 4.81. The largest absolute Gasteiger partial charge is 0.333 e. The quantitative estimate of drug-likeness (QED) is 0.618. The normalized spacial score (nSPS) is 17.5. The van der Waals surface area contributed by atoms with Crippen LogP contribution < -0.4 is 0 Å². The van der Waals surface area contributed by atoms with Gasteiger partial charge in [0.15, 0.2) is 0 Å². The van der Waals surface area contributed by atoms with Crippen LogP contribution in [0, 0.1) is 10.1 Å². The second-order valence-corrected chi connectivity index (χ2v) is 5.70. The fourth-order valence-corrected chi connectivity index (χ4v) is 2.68. The first kappa shape index (κ1) is 13.8. The molecule has 0 atom stereocenters. The van der Waals surface area contributed by atoms with Gasteiger partial charge in [-0.25, -0.2) is 0 Å². The van der Waals surface area contributed by atoms with Crippen LogP contribution in [-0.2, 0) is 0 Å². The Balaban J connectivity index is 2.32. The van der Waals surface area contributed by atoms with E-state index >= 15 is 0 Å². The Morgan fingerprint density at radius 1 is 1.47 bits per heavy atom. The molecule has 102 valence electrons. The molecule has 0 unspecified atom stereocenters. The van der Waals surface area contributed by atoms with E-state index in [1.54, 1.807) is 4.90 Å². The standard InChI is InChI=1S/C13H15ClN2O3/c1-13(2)6-3-7-15(13)12(17)10-5-4-9(16(18)19)8-11(10)14/h4-5,8H,3,6-7H2,1-2H3. The van der Waals surface area contributed by atoms with Gasteiger partial charge in [0.25, 0.3) is 11.6 Å². The average Bonchev–Trinajstić information content (AvgIpc) is 2.67. The van der Waals surface area contributed by atoms with E-state index in [-0.39, 0.29) is 22.2 Å². The zero-order valence-electron chi connectivity index (χ0n) is 10.9. The van der Waals surface area contributed by atoms with E-state index in [0.717, 1.165) is 12.8 Å². The summed E-state index contributed by atoms with van der Waals surface area (Å²) < 4.78 is 0. The molecule has 1 heterocycles. The molecule has 1 saturated heterocycles. The molecule has 1 aromatic carbocycles. The smallest absolute Gasteiger partial charge is 0.270 e. The van der Waals surface area contributed by atoms with Gasteiger partial charge in [-0.1, -0.05) is 11.6 Å². The molecule has 1 aliphatic rings. The monoisotopic (exact) mass is 282 g/mol. The molecule has 1 amide bonds. The number of nitro benzene ring substituents is 1. The highest BCUT2D eigenvalue weighted by molar-refractivity contribution is 6.34. The van der Waals surface area contributed by atoms with Gasteiger partial charge in [-0.2, -0.15) is 0 Å². The van der Waals surface area contributed by atoms with Crippen molar-refractivity contribution in [3.05, 3.63) is 38.9 Å². The van der Waals surface area contributed by atoms with Crippen LogP contribution in [0.25, 0.3) is 0 Å². The van der Waals surface area contributed by atoms with Crippen molar-refractivity contribution in [2.75, 3.05) is 6.54 Å². The minimum atomic E-state index is -0.528. The first-order valence-electron chi connectivity index (χ1n) is 6.09. The fourth-order valence-electron chi connectivity index (χ4n) is 2.42. The lowest BCUT2D eigenvalue weighted by molar-refractivity contribution is -0.384. The van der Waals surface area contributed by atoms with Crippen molar-refractivity contribution in [2.45, 2.75) is 32.2 Å². The van der Waals surface area contributed by atoms with Gasteiger partial charge in [0, 0.05) is 24.2 Å². The van der Waals surface area contributed by atoms with Gasteiger partial charge in [0.05, 0.1) is 15.5 Å². The molecule has 5 nitrogen and oxygen atoms in total. The molecule has 0 spiro atoms. The molecule has 0 aliphatic carbocycles. The lowest BCUT2D eigenvalue weighted by atomic mass is 10.0. The number of amides is 1. The molecule has 1 fully saturated rings. The number of carbonyl (C=O) groups excluding carboxylic acids is 1. The number of nitrogens with zero attached hydrogens (tertiary/aromatic N) is 2. The van der Waals surface area contributed by atoms with Gasteiger partial charge >= 0.3 is 0 Å². The van der Waals surface area contributed by atoms with E-state index in [1.165, 1.54) is 18.2 Å². The summed E-state index contributed by atoms with van der Waals surface area (Å²) in [6.45, 7) is 4.72. The van der Waals surface area contributed by atoms with Crippen molar-refractivity contribution < 1.29 is 9.72 Å². The van der Waals surface area contributed by atoms with Crippen molar-refractivity contribution in [3.63, 3.8) is 0 Å². The number of rotatable bonds is 2. The van der Waals surface area contributed by atoms with E-state index in [9.17, 15) is 14.9 Å². The lowest BCUT2D eigenvalue weighted by Gasteiger charge is -2.31. The predicted molar refractivity (Wildman–Crippen MR) is 72.5 cm³/mol. The summed E-state index contributed by atoms with van der Waals surface area (Å²) in [6, 6.07) is 3.96. The second-order valence-electron chi connectivity index (χ2n) is 5.29. The van der Waals surface area contributed by atoms with Crippen LogP contribution in [0.2, 0.25) is 5.02 Å². The highest BCUT2D eigenvalue weighted by Crippen LogP contribution is 2.32. The number of halogens is 1. The van der Waals surface area contributed by atoms with Gasteiger partial charge < -0.3 is 4.90 Å². The fraction of sp³-hybridized carbons (Fsp3) is 0.462. The van der Waals surface area contributed by atoms with Crippen molar-refractivity contribution in [1.82, 2.24) is 4.90 Å². The Hall–Kier alpha value is -1.62. The van der Waals surface area contributed by atoms with Crippen LogP contribution in [0.5, 0.6) is 0 Å². The minimum Gasteiger partial charge on any atom is -0.333 e. The number of hydrogen-bond acceptors (Lipinski definition) is 3. The number of nitro groups is 1. The van der Waals surface area contributed by atoms with Gasteiger partial charge in [0.1, 0.15) is 0 Å². The zero-order valence-corrected chi connectivity index (χ0v) is 11.6. The van der Waals surface area contributed by atoms with Crippen molar-refractivity contribution in [1.29, 1.82) is 0 Å². The number of benzene rings is 1. The van der Waals surface area contributed by atoms with E-state index in [4.69, 9.17) is 11.6 Å². The molecule has 0 radical (unpaired) electrons. The maximum atomic E-state index is 12.4. The highest BCUT2D eigenvalue weighted by atomic mass is 35.5. The zero-order chi connectivity index (χ0) is 14.2. The molecule has 19 heavy (non-hydrogen) atoms. The van der Waals surface area contributed by atoms with Crippen LogP contribution in [0.15, 0.2) is 18.2 Å². The molecule has 0 N–H and O–H groups in total. The number of carbonyl (C=O) groups is 1. The average molecular weight is 283 g/mol. The summed E-state index contributed by atoms with van der Waals surface area (Å²) in [5, 5.41) is 10.8. The molecule has 6 heteroatoms. The Morgan fingerprint density at radius 3 is 2.63 bits per heavy atom. The summed E-state index contributed by atoms with van der Waals surface area (Å²) in [7, 11) is 0. The van der Waals surface area contributed by atoms with Gasteiger partial charge in [-0.05, 0) is 32.8 Å². The third kappa shape index (κ3) is 2.56. The predicted octanol–water partition coefficient (Wildman–Crippen LogP) is 3.26. The van der Waals surface area contributed by atoms with E-state index in [2.05, 4.69) is 0 Å². The lowest BCUT2D eigenvalue weighted by Crippen LogP contribution is -2.42.